The number of nitrogens with one attached hydrogen (secondary N) is 1. The Balaban J connectivity index is 1.83. The summed E-state index contributed by atoms with van der Waals surface area (Å²) in [6, 6.07) is 26.5. The number of aryl methyl sites for hydroxylation is 1. The molecule has 242 valence electrons. The summed E-state index contributed by atoms with van der Waals surface area (Å²) in [7, 11) is -4.28. The summed E-state index contributed by atoms with van der Waals surface area (Å²) in [5.74, 6) is -0.910. The summed E-state index contributed by atoms with van der Waals surface area (Å²) in [6.45, 7) is 5.16. The fraction of sp³-hybridized carbons (Fsp3) is 0.257. The lowest BCUT2D eigenvalue weighted by Crippen LogP contribution is -2.54. The van der Waals surface area contributed by atoms with E-state index < -0.39 is 28.5 Å². The van der Waals surface area contributed by atoms with Gasteiger partial charge in [-0.25, -0.2) is 8.42 Å². The molecule has 0 spiro atoms. The van der Waals surface area contributed by atoms with Gasteiger partial charge in [-0.1, -0.05) is 106 Å². The van der Waals surface area contributed by atoms with E-state index in [1.54, 1.807) is 12.1 Å². The third-order valence-electron chi connectivity index (χ3n) is 7.54. The van der Waals surface area contributed by atoms with Crippen molar-refractivity contribution in [1.29, 1.82) is 0 Å². The Labute approximate surface area is 289 Å². The highest BCUT2D eigenvalue weighted by Crippen LogP contribution is 2.30. The zero-order valence-corrected chi connectivity index (χ0v) is 29.7. The average molecular weight is 746 g/mol. The Bertz CT molecular complexity index is 1750. The van der Waals surface area contributed by atoms with Gasteiger partial charge in [0.05, 0.1) is 10.6 Å². The van der Waals surface area contributed by atoms with Crippen molar-refractivity contribution in [3.63, 3.8) is 0 Å². The Morgan fingerprint density at radius 2 is 1.50 bits per heavy atom. The summed E-state index contributed by atoms with van der Waals surface area (Å²) in [6.07, 6.45) is 0.915. The molecule has 0 aromatic heterocycles. The van der Waals surface area contributed by atoms with Crippen LogP contribution in [0.5, 0.6) is 0 Å². The first-order valence-electron chi connectivity index (χ1n) is 14.8. The van der Waals surface area contributed by atoms with Crippen molar-refractivity contribution in [2.75, 3.05) is 10.8 Å². The molecule has 1 N–H and O–H groups in total. The van der Waals surface area contributed by atoms with Crippen LogP contribution < -0.4 is 9.62 Å². The number of carbonyl (C=O) groups excluding carboxylic acids is 2. The maximum atomic E-state index is 14.6. The molecule has 2 amide bonds. The van der Waals surface area contributed by atoms with Crippen molar-refractivity contribution < 1.29 is 18.0 Å². The van der Waals surface area contributed by atoms with Crippen molar-refractivity contribution in [2.45, 2.75) is 57.1 Å². The zero-order valence-electron chi connectivity index (χ0n) is 25.8. The van der Waals surface area contributed by atoms with Gasteiger partial charge in [-0.2, -0.15) is 0 Å². The molecule has 0 aliphatic carbocycles. The van der Waals surface area contributed by atoms with E-state index in [-0.39, 0.29) is 45.5 Å². The second-order valence-electron chi connectivity index (χ2n) is 11.1. The molecule has 0 fully saturated rings. The van der Waals surface area contributed by atoms with Crippen LogP contribution >= 0.6 is 39.1 Å². The minimum Gasteiger partial charge on any atom is -0.352 e. The van der Waals surface area contributed by atoms with Crippen LogP contribution in [0.1, 0.15) is 37.0 Å². The minimum atomic E-state index is -4.28. The van der Waals surface area contributed by atoms with Gasteiger partial charge >= 0.3 is 0 Å². The number of benzene rings is 4. The summed E-state index contributed by atoms with van der Waals surface area (Å²) >= 11 is 16.1. The molecule has 0 saturated carbocycles. The van der Waals surface area contributed by atoms with E-state index in [0.717, 1.165) is 25.5 Å². The first-order chi connectivity index (χ1) is 21.9. The number of nitrogens with zero attached hydrogens (tertiary/aromatic N) is 2. The third-order valence-corrected chi connectivity index (χ3v) is 10.3. The molecule has 0 radical (unpaired) electrons. The number of anilines is 1. The lowest BCUT2D eigenvalue weighted by molar-refractivity contribution is -0.140. The van der Waals surface area contributed by atoms with Gasteiger partial charge in [0, 0.05) is 33.5 Å². The van der Waals surface area contributed by atoms with Crippen molar-refractivity contribution in [3.8, 4) is 0 Å². The first-order valence-corrected chi connectivity index (χ1v) is 17.8. The number of hydrogen-bond donors (Lipinski definition) is 1. The molecule has 0 heterocycles. The van der Waals surface area contributed by atoms with E-state index in [9.17, 15) is 18.0 Å². The normalized spacial score (nSPS) is 12.7. The number of sulfonamides is 1. The molecule has 0 aliphatic heterocycles. The lowest BCUT2D eigenvalue weighted by atomic mass is 10.0. The molecule has 4 aromatic carbocycles. The number of halogens is 3. The van der Waals surface area contributed by atoms with E-state index in [1.807, 2.05) is 75.4 Å². The third kappa shape index (κ3) is 9.35. The second kappa shape index (κ2) is 16.0. The first kappa shape index (κ1) is 35.5. The van der Waals surface area contributed by atoms with Crippen LogP contribution in [-0.4, -0.2) is 43.8 Å². The molecular weight excluding hydrogens is 709 g/mol. The quantitative estimate of drug-likeness (QED) is 0.151. The summed E-state index contributed by atoms with van der Waals surface area (Å²) in [4.78, 5) is 30.0. The summed E-state index contributed by atoms with van der Waals surface area (Å²) in [5.41, 5.74) is 2.61. The molecule has 0 bridgehead atoms. The van der Waals surface area contributed by atoms with Crippen LogP contribution in [0.2, 0.25) is 10.0 Å². The van der Waals surface area contributed by atoms with Gasteiger partial charge < -0.3 is 10.2 Å². The van der Waals surface area contributed by atoms with Crippen LogP contribution in [0.15, 0.2) is 106 Å². The minimum absolute atomic E-state index is 0.00381. The highest BCUT2D eigenvalue weighted by molar-refractivity contribution is 9.10. The van der Waals surface area contributed by atoms with Crippen LogP contribution in [0.25, 0.3) is 0 Å². The predicted molar refractivity (Wildman–Crippen MR) is 189 cm³/mol. The van der Waals surface area contributed by atoms with Crippen LogP contribution in [0.4, 0.5) is 5.69 Å². The van der Waals surface area contributed by atoms with Crippen LogP contribution in [0, 0.1) is 6.92 Å². The summed E-state index contributed by atoms with van der Waals surface area (Å²) in [5, 5.41) is 3.45. The molecule has 2 atom stereocenters. The second-order valence-corrected chi connectivity index (χ2v) is 14.8. The van der Waals surface area contributed by atoms with Crippen molar-refractivity contribution in [1.82, 2.24) is 10.2 Å². The Hall–Kier alpha value is -3.37. The highest BCUT2D eigenvalue weighted by atomic mass is 79.9. The van der Waals surface area contributed by atoms with E-state index in [1.165, 1.54) is 35.2 Å². The SMILES string of the molecule is CC[C@@H](C)NC(=O)[C@@H](Cc1ccccc1)N(Cc1cccc(Br)c1)C(=O)CN(c1cc(Cl)cc(Cl)c1)S(=O)(=O)c1ccc(C)cc1. The maximum absolute atomic E-state index is 14.6. The van der Waals surface area contributed by atoms with Crippen LogP contribution in [-0.2, 0) is 32.6 Å². The Morgan fingerprint density at radius 3 is 2.11 bits per heavy atom. The van der Waals surface area contributed by atoms with E-state index >= 15 is 0 Å². The maximum Gasteiger partial charge on any atom is 0.264 e. The van der Waals surface area contributed by atoms with E-state index in [2.05, 4.69) is 21.2 Å². The number of amides is 2. The number of rotatable bonds is 13. The molecule has 11 heteroatoms. The highest BCUT2D eigenvalue weighted by Gasteiger charge is 2.35. The molecule has 0 aliphatic rings. The fourth-order valence-corrected chi connectivity index (χ4v) is 7.24. The lowest BCUT2D eigenvalue weighted by Gasteiger charge is -2.34. The number of hydrogen-bond acceptors (Lipinski definition) is 4. The van der Waals surface area contributed by atoms with Gasteiger partial charge in [-0.05, 0) is 73.9 Å². The monoisotopic (exact) mass is 743 g/mol. The van der Waals surface area contributed by atoms with Crippen molar-refractivity contribution >= 4 is 66.7 Å². The van der Waals surface area contributed by atoms with Gasteiger partial charge in [0.25, 0.3) is 10.0 Å². The van der Waals surface area contributed by atoms with E-state index in [4.69, 9.17) is 23.2 Å². The van der Waals surface area contributed by atoms with Gasteiger partial charge in [0.1, 0.15) is 12.6 Å². The van der Waals surface area contributed by atoms with Gasteiger partial charge in [-0.3, -0.25) is 13.9 Å². The molecule has 46 heavy (non-hydrogen) atoms. The standard InChI is InChI=1S/C35H36BrCl2N3O4S/c1-4-25(3)39-35(43)33(18-26-9-6-5-7-10-26)40(22-27-11-8-12-28(36)17-27)34(42)23-41(31-20-29(37)19-30(38)21-31)46(44,45)32-15-13-24(2)14-16-32/h5-17,19-21,25,33H,4,18,22-23H2,1-3H3,(H,39,43)/t25-,33-/m1/s1. The summed E-state index contributed by atoms with van der Waals surface area (Å²) < 4.78 is 30.2. The topological polar surface area (TPSA) is 86.8 Å². The molecule has 4 rings (SSSR count). The molecular formula is C35H36BrCl2N3O4S. The smallest absolute Gasteiger partial charge is 0.264 e. The largest absolute Gasteiger partial charge is 0.352 e. The van der Waals surface area contributed by atoms with E-state index in [0.29, 0.717) is 6.42 Å². The zero-order chi connectivity index (χ0) is 33.4. The van der Waals surface area contributed by atoms with Gasteiger partial charge in [-0.15, -0.1) is 0 Å². The van der Waals surface area contributed by atoms with Crippen LogP contribution in [0.3, 0.4) is 0 Å². The average Bonchev–Trinajstić information content (AvgIpc) is 3.01. The molecule has 0 saturated heterocycles. The Morgan fingerprint density at radius 1 is 0.870 bits per heavy atom. The molecule has 0 unspecified atom stereocenters. The predicted octanol–water partition coefficient (Wildman–Crippen LogP) is 7.81. The number of carbonyl (C=O) groups is 2. The van der Waals surface area contributed by atoms with Gasteiger partial charge in [0.2, 0.25) is 11.8 Å². The molecule has 4 aromatic rings. The molecule has 7 nitrogen and oxygen atoms in total. The van der Waals surface area contributed by atoms with Gasteiger partial charge in [0.15, 0.2) is 0 Å². The Kier molecular flexibility index (Phi) is 12.3. The van der Waals surface area contributed by atoms with Crippen molar-refractivity contribution in [3.05, 3.63) is 128 Å². The van der Waals surface area contributed by atoms with Crippen molar-refractivity contribution in [2.24, 2.45) is 0 Å². The fourth-order valence-electron chi connectivity index (χ4n) is 4.88.